The number of aryl methyl sites for hydroxylation is 3. The summed E-state index contributed by atoms with van der Waals surface area (Å²) in [6, 6.07) is 14.6. The Kier molecular flexibility index (Phi) is 9.35. The fraction of sp³-hybridized carbons (Fsp3) is 0.500. The van der Waals surface area contributed by atoms with Crippen LogP contribution in [0.4, 0.5) is 0 Å². The van der Waals surface area contributed by atoms with Crippen molar-refractivity contribution in [1.82, 2.24) is 14.9 Å². The van der Waals surface area contributed by atoms with Crippen LogP contribution in [0.15, 0.2) is 42.5 Å². The van der Waals surface area contributed by atoms with E-state index in [1.807, 2.05) is 12.1 Å². The zero-order valence-electron chi connectivity index (χ0n) is 20.7. The maximum Gasteiger partial charge on any atom is 0.223 e. The molecule has 5 nitrogen and oxygen atoms in total. The van der Waals surface area contributed by atoms with Gasteiger partial charge < -0.3 is 14.6 Å². The minimum atomic E-state index is 0.149. The topological polar surface area (TPSA) is 56.2 Å². The van der Waals surface area contributed by atoms with E-state index in [9.17, 15) is 4.79 Å². The number of para-hydroxylation sites is 2. The van der Waals surface area contributed by atoms with Gasteiger partial charge in [-0.3, -0.25) is 4.79 Å². The van der Waals surface area contributed by atoms with Crippen molar-refractivity contribution in [2.45, 2.75) is 72.8 Å². The number of carbonyl (C=O) groups is 1. The number of hydrogen-bond donors (Lipinski definition) is 1. The van der Waals surface area contributed by atoms with Crippen molar-refractivity contribution in [2.75, 3.05) is 13.2 Å². The number of aromatic nitrogens is 2. The molecule has 0 aliphatic carbocycles. The van der Waals surface area contributed by atoms with Gasteiger partial charge in [-0.15, -0.1) is 0 Å². The Hall–Kier alpha value is -2.82. The Labute approximate surface area is 198 Å². The Balaban J connectivity index is 1.52. The highest BCUT2D eigenvalue weighted by Gasteiger charge is 2.13. The number of imidazole rings is 1. The van der Waals surface area contributed by atoms with Crippen LogP contribution in [0.3, 0.4) is 0 Å². The number of unbranched alkanes of at least 4 members (excludes halogenated alkanes) is 2. The van der Waals surface area contributed by atoms with Gasteiger partial charge in [-0.05, 0) is 74.9 Å². The highest BCUT2D eigenvalue weighted by molar-refractivity contribution is 5.78. The minimum absolute atomic E-state index is 0.149. The zero-order valence-corrected chi connectivity index (χ0v) is 20.7. The van der Waals surface area contributed by atoms with Crippen molar-refractivity contribution in [3.8, 4) is 5.75 Å². The Morgan fingerprint density at radius 3 is 2.58 bits per heavy atom. The van der Waals surface area contributed by atoms with E-state index in [-0.39, 0.29) is 11.8 Å². The molecule has 178 valence electrons. The van der Waals surface area contributed by atoms with Crippen molar-refractivity contribution >= 4 is 16.9 Å². The van der Waals surface area contributed by atoms with E-state index in [4.69, 9.17) is 9.72 Å². The third kappa shape index (κ3) is 6.83. The smallest absolute Gasteiger partial charge is 0.223 e. The zero-order chi connectivity index (χ0) is 23.6. The lowest BCUT2D eigenvalue weighted by atomic mass is 10.0. The Morgan fingerprint density at radius 2 is 1.82 bits per heavy atom. The van der Waals surface area contributed by atoms with Crippen molar-refractivity contribution in [3.63, 3.8) is 0 Å². The van der Waals surface area contributed by atoms with Crippen molar-refractivity contribution in [2.24, 2.45) is 5.92 Å². The summed E-state index contributed by atoms with van der Waals surface area (Å²) in [4.78, 5) is 17.0. The van der Waals surface area contributed by atoms with Crippen LogP contribution >= 0.6 is 0 Å². The first-order valence-corrected chi connectivity index (χ1v) is 12.4. The molecule has 0 radical (unpaired) electrons. The van der Waals surface area contributed by atoms with Crippen molar-refractivity contribution in [3.05, 3.63) is 59.4 Å². The minimum Gasteiger partial charge on any atom is -0.492 e. The molecule has 1 N–H and O–H groups in total. The molecule has 0 unspecified atom stereocenters. The highest BCUT2D eigenvalue weighted by atomic mass is 16.5. The molecule has 33 heavy (non-hydrogen) atoms. The second kappa shape index (κ2) is 12.4. The number of benzene rings is 2. The molecule has 5 heteroatoms. The van der Waals surface area contributed by atoms with E-state index in [2.05, 4.69) is 67.9 Å². The van der Waals surface area contributed by atoms with Gasteiger partial charge >= 0.3 is 0 Å². The van der Waals surface area contributed by atoms with Crippen LogP contribution in [-0.2, 0) is 17.8 Å². The van der Waals surface area contributed by atoms with Gasteiger partial charge in [0.05, 0.1) is 17.6 Å². The van der Waals surface area contributed by atoms with Gasteiger partial charge in [0.1, 0.15) is 18.2 Å². The molecule has 0 aliphatic heterocycles. The third-order valence-corrected chi connectivity index (χ3v) is 6.53. The molecule has 1 amide bonds. The molecule has 0 saturated carbocycles. The van der Waals surface area contributed by atoms with Crippen LogP contribution in [0, 0.1) is 19.8 Å². The largest absolute Gasteiger partial charge is 0.492 e. The predicted octanol–water partition coefficient (Wildman–Crippen LogP) is 6.00. The molecule has 0 saturated heterocycles. The lowest BCUT2D eigenvalue weighted by molar-refractivity contribution is -0.125. The predicted molar refractivity (Wildman–Crippen MR) is 136 cm³/mol. The summed E-state index contributed by atoms with van der Waals surface area (Å²) in [5, 5.41) is 3.09. The third-order valence-electron chi connectivity index (χ3n) is 6.53. The van der Waals surface area contributed by atoms with Gasteiger partial charge in [-0.25, -0.2) is 4.98 Å². The molecule has 0 aliphatic rings. The van der Waals surface area contributed by atoms with Gasteiger partial charge in [0.15, 0.2) is 0 Å². The molecule has 0 atom stereocenters. The number of hydrogen-bond acceptors (Lipinski definition) is 3. The summed E-state index contributed by atoms with van der Waals surface area (Å²) in [5.74, 6) is 2.38. The van der Waals surface area contributed by atoms with Gasteiger partial charge in [-0.2, -0.15) is 0 Å². The summed E-state index contributed by atoms with van der Waals surface area (Å²) in [7, 11) is 0. The van der Waals surface area contributed by atoms with Gasteiger partial charge in [0.25, 0.3) is 0 Å². The molecule has 0 spiro atoms. The number of fused-ring (bicyclic) bond motifs is 1. The number of rotatable bonds is 13. The Morgan fingerprint density at radius 1 is 1.03 bits per heavy atom. The second-order valence-electron chi connectivity index (χ2n) is 8.88. The molecule has 3 aromatic rings. The van der Waals surface area contributed by atoms with Crippen LogP contribution in [-0.4, -0.2) is 28.6 Å². The molecule has 3 rings (SSSR count). The lowest BCUT2D eigenvalue weighted by Gasteiger charge is -2.13. The first kappa shape index (κ1) is 24.8. The summed E-state index contributed by atoms with van der Waals surface area (Å²) >= 11 is 0. The maximum absolute atomic E-state index is 12.1. The van der Waals surface area contributed by atoms with Crippen LogP contribution in [0.5, 0.6) is 5.75 Å². The van der Waals surface area contributed by atoms with Gasteiger partial charge in [0.2, 0.25) is 5.91 Å². The van der Waals surface area contributed by atoms with E-state index in [0.29, 0.717) is 6.61 Å². The van der Waals surface area contributed by atoms with Crippen molar-refractivity contribution < 1.29 is 9.53 Å². The van der Waals surface area contributed by atoms with Gasteiger partial charge in [-0.1, -0.05) is 38.5 Å². The molecule has 2 aromatic carbocycles. The van der Waals surface area contributed by atoms with Crippen LogP contribution in [0.25, 0.3) is 11.0 Å². The van der Waals surface area contributed by atoms with Crippen molar-refractivity contribution in [1.29, 1.82) is 0 Å². The fourth-order valence-corrected chi connectivity index (χ4v) is 4.22. The second-order valence-corrected chi connectivity index (χ2v) is 8.88. The number of carbonyl (C=O) groups excluding carboxylic acids is 1. The number of nitrogens with zero attached hydrogens (tertiary/aromatic N) is 2. The molecule has 0 fully saturated rings. The number of amides is 1. The van der Waals surface area contributed by atoms with Crippen LogP contribution < -0.4 is 10.1 Å². The van der Waals surface area contributed by atoms with E-state index in [1.165, 1.54) is 11.1 Å². The standard InChI is InChI=1S/C28H39N3O2/c1-5-23(6-2)28(32)29-17-11-7-8-14-27-30-25-12-9-10-13-26(25)31(27)18-19-33-24-16-15-21(3)22(4)20-24/h9-10,12-13,15-16,20,23H,5-8,11,14,17-19H2,1-4H3,(H,29,32). The van der Waals surface area contributed by atoms with E-state index >= 15 is 0 Å². The van der Waals surface area contributed by atoms with Crippen LogP contribution in [0.1, 0.15) is 62.9 Å². The first-order chi connectivity index (χ1) is 16.0. The highest BCUT2D eigenvalue weighted by Crippen LogP contribution is 2.20. The molecule has 0 bridgehead atoms. The first-order valence-electron chi connectivity index (χ1n) is 12.4. The fourth-order valence-electron chi connectivity index (χ4n) is 4.22. The average Bonchev–Trinajstić information content (AvgIpc) is 3.16. The molecule has 1 aromatic heterocycles. The Bertz CT molecular complexity index is 1040. The molecule has 1 heterocycles. The van der Waals surface area contributed by atoms with Crippen LogP contribution in [0.2, 0.25) is 0 Å². The lowest BCUT2D eigenvalue weighted by Crippen LogP contribution is -2.30. The summed E-state index contributed by atoms with van der Waals surface area (Å²) in [5.41, 5.74) is 4.72. The average molecular weight is 450 g/mol. The monoisotopic (exact) mass is 449 g/mol. The number of nitrogens with one attached hydrogen (secondary N) is 1. The normalized spacial score (nSPS) is 11.3. The van der Waals surface area contributed by atoms with E-state index in [1.54, 1.807) is 0 Å². The summed E-state index contributed by atoms with van der Waals surface area (Å²) < 4.78 is 8.34. The van der Waals surface area contributed by atoms with E-state index < -0.39 is 0 Å². The SMILES string of the molecule is CCC(CC)C(=O)NCCCCCc1nc2ccccc2n1CCOc1ccc(C)c(C)c1. The summed E-state index contributed by atoms with van der Waals surface area (Å²) in [6.45, 7) is 10.5. The quantitative estimate of drug-likeness (QED) is 0.326. The van der Waals surface area contributed by atoms with Gasteiger partial charge in [0, 0.05) is 18.9 Å². The summed E-state index contributed by atoms with van der Waals surface area (Å²) in [6.07, 6.45) is 5.88. The maximum atomic E-state index is 12.1. The molecular weight excluding hydrogens is 410 g/mol. The molecular formula is C28H39N3O2. The van der Waals surface area contributed by atoms with E-state index in [0.717, 1.165) is 74.2 Å². The number of ether oxygens (including phenoxy) is 1.